The van der Waals surface area contributed by atoms with Crippen molar-refractivity contribution in [3.8, 4) is 0 Å². The van der Waals surface area contributed by atoms with Crippen LogP contribution in [0, 0.1) is 22.9 Å². The van der Waals surface area contributed by atoms with Crippen molar-refractivity contribution < 1.29 is 14.1 Å². The van der Waals surface area contributed by atoms with Crippen molar-refractivity contribution in [2.75, 3.05) is 5.32 Å². The molecule has 5 nitrogen and oxygen atoms in total. The van der Waals surface area contributed by atoms with Gasteiger partial charge in [0.2, 0.25) is 5.91 Å². The lowest BCUT2D eigenvalue weighted by molar-refractivity contribution is -0.384. The number of hydrogen-bond donors (Lipinski definition) is 1. The van der Waals surface area contributed by atoms with E-state index in [-0.39, 0.29) is 11.6 Å². The van der Waals surface area contributed by atoms with Gasteiger partial charge in [0, 0.05) is 22.7 Å². The second-order valence-electron chi connectivity index (χ2n) is 4.96. The van der Waals surface area contributed by atoms with Crippen LogP contribution in [0.25, 0.3) is 0 Å². The molecule has 0 saturated heterocycles. The Bertz CT molecular complexity index is 735. The largest absolute Gasteiger partial charge is 0.325 e. The van der Waals surface area contributed by atoms with Gasteiger partial charge in [0.15, 0.2) is 0 Å². The predicted octanol–water partition coefficient (Wildman–Crippen LogP) is 4.16. The van der Waals surface area contributed by atoms with Gasteiger partial charge in [-0.2, -0.15) is 0 Å². The number of non-ortho nitro benzene ring substituents is 1. The van der Waals surface area contributed by atoms with E-state index in [4.69, 9.17) is 0 Å². The molecule has 1 atom stereocenters. The molecular weight excluding hydrogens is 319 g/mol. The quantitative estimate of drug-likeness (QED) is 0.506. The molecular formula is C16H15FN2O3S. The van der Waals surface area contributed by atoms with E-state index in [1.807, 2.05) is 0 Å². The second kappa shape index (κ2) is 7.23. The number of nitrogens with zero attached hydrogens (tertiary/aromatic N) is 1. The van der Waals surface area contributed by atoms with Gasteiger partial charge < -0.3 is 5.32 Å². The Morgan fingerprint density at radius 1 is 1.26 bits per heavy atom. The van der Waals surface area contributed by atoms with Crippen LogP contribution in [-0.2, 0) is 4.79 Å². The normalized spacial score (nSPS) is 11.8. The summed E-state index contributed by atoms with van der Waals surface area (Å²) in [7, 11) is 0. The van der Waals surface area contributed by atoms with Gasteiger partial charge in [-0.25, -0.2) is 4.39 Å². The fraction of sp³-hybridized carbons (Fsp3) is 0.188. The van der Waals surface area contributed by atoms with Crippen LogP contribution in [0.3, 0.4) is 0 Å². The molecule has 0 aliphatic carbocycles. The van der Waals surface area contributed by atoms with E-state index < -0.39 is 16.0 Å². The van der Waals surface area contributed by atoms with Gasteiger partial charge in [-0.15, -0.1) is 11.8 Å². The molecule has 120 valence electrons. The SMILES string of the molecule is Cc1ccc(F)cc1NC(=O)C(C)Sc1ccc([N+](=O)[O-])cc1. The summed E-state index contributed by atoms with van der Waals surface area (Å²) >= 11 is 1.27. The Kier molecular flexibility index (Phi) is 5.33. The van der Waals surface area contributed by atoms with Crippen LogP contribution in [0.2, 0.25) is 0 Å². The summed E-state index contributed by atoms with van der Waals surface area (Å²) in [6, 6.07) is 10.2. The number of nitrogens with one attached hydrogen (secondary N) is 1. The topological polar surface area (TPSA) is 72.2 Å². The maximum Gasteiger partial charge on any atom is 0.269 e. The fourth-order valence-electron chi connectivity index (χ4n) is 1.87. The summed E-state index contributed by atoms with van der Waals surface area (Å²) in [6.07, 6.45) is 0. The summed E-state index contributed by atoms with van der Waals surface area (Å²) < 4.78 is 13.2. The number of hydrogen-bond acceptors (Lipinski definition) is 4. The molecule has 0 fully saturated rings. The first-order valence-corrected chi connectivity index (χ1v) is 7.73. The molecule has 1 amide bonds. The van der Waals surface area contributed by atoms with Crippen molar-refractivity contribution in [3.05, 3.63) is 64.0 Å². The minimum absolute atomic E-state index is 0.00170. The number of anilines is 1. The number of carbonyl (C=O) groups is 1. The molecule has 1 N–H and O–H groups in total. The van der Waals surface area contributed by atoms with E-state index in [0.717, 1.165) is 10.5 Å². The van der Waals surface area contributed by atoms with Crippen LogP contribution in [0.1, 0.15) is 12.5 Å². The number of thioether (sulfide) groups is 1. The molecule has 0 radical (unpaired) electrons. The third kappa shape index (κ3) is 4.53. The average molecular weight is 334 g/mol. The number of halogens is 1. The Hall–Kier alpha value is -2.41. The van der Waals surface area contributed by atoms with Crippen LogP contribution >= 0.6 is 11.8 Å². The Labute approximate surface area is 137 Å². The number of aryl methyl sites for hydroxylation is 1. The highest BCUT2D eigenvalue weighted by molar-refractivity contribution is 8.00. The van der Waals surface area contributed by atoms with Crippen molar-refractivity contribution in [3.63, 3.8) is 0 Å². The van der Waals surface area contributed by atoms with E-state index in [9.17, 15) is 19.3 Å². The van der Waals surface area contributed by atoms with Gasteiger partial charge >= 0.3 is 0 Å². The minimum atomic E-state index is -0.475. The summed E-state index contributed by atoms with van der Waals surface area (Å²) in [5.74, 6) is -0.677. The molecule has 1 unspecified atom stereocenters. The standard InChI is InChI=1S/C16H15FN2O3S/c1-10-3-4-12(17)9-15(10)18-16(20)11(2)23-14-7-5-13(6-8-14)19(21)22/h3-9,11H,1-2H3,(H,18,20). The number of rotatable bonds is 5. The first-order chi connectivity index (χ1) is 10.9. The van der Waals surface area contributed by atoms with E-state index in [0.29, 0.717) is 5.69 Å². The zero-order chi connectivity index (χ0) is 17.0. The predicted molar refractivity (Wildman–Crippen MR) is 88.2 cm³/mol. The molecule has 0 spiro atoms. The molecule has 0 bridgehead atoms. The summed E-state index contributed by atoms with van der Waals surface area (Å²) in [5.41, 5.74) is 1.21. The van der Waals surface area contributed by atoms with E-state index in [1.54, 1.807) is 32.0 Å². The first-order valence-electron chi connectivity index (χ1n) is 6.85. The molecule has 7 heteroatoms. The molecule has 2 rings (SSSR count). The van der Waals surface area contributed by atoms with Gasteiger partial charge in [-0.05, 0) is 43.7 Å². The molecule has 2 aromatic carbocycles. The molecule has 0 aromatic heterocycles. The lowest BCUT2D eigenvalue weighted by Gasteiger charge is -2.13. The monoisotopic (exact) mass is 334 g/mol. The molecule has 0 heterocycles. The maximum atomic E-state index is 13.2. The lowest BCUT2D eigenvalue weighted by atomic mass is 10.2. The Morgan fingerprint density at radius 3 is 2.52 bits per heavy atom. The second-order valence-corrected chi connectivity index (χ2v) is 6.37. The van der Waals surface area contributed by atoms with E-state index in [2.05, 4.69) is 5.32 Å². The minimum Gasteiger partial charge on any atom is -0.325 e. The fourth-order valence-corrected chi connectivity index (χ4v) is 2.73. The van der Waals surface area contributed by atoms with Crippen molar-refractivity contribution in [2.45, 2.75) is 24.0 Å². The van der Waals surface area contributed by atoms with Gasteiger partial charge in [0.25, 0.3) is 5.69 Å². The molecule has 0 aliphatic heterocycles. The maximum absolute atomic E-state index is 13.2. The number of nitro benzene ring substituents is 1. The van der Waals surface area contributed by atoms with Crippen molar-refractivity contribution in [2.24, 2.45) is 0 Å². The molecule has 0 aliphatic rings. The highest BCUT2D eigenvalue weighted by Gasteiger charge is 2.16. The van der Waals surface area contributed by atoms with Crippen LogP contribution in [0.5, 0.6) is 0 Å². The lowest BCUT2D eigenvalue weighted by Crippen LogP contribution is -2.22. The van der Waals surface area contributed by atoms with Crippen molar-refractivity contribution in [1.29, 1.82) is 0 Å². The Morgan fingerprint density at radius 2 is 1.91 bits per heavy atom. The molecule has 2 aromatic rings. The third-order valence-corrected chi connectivity index (χ3v) is 4.30. The first kappa shape index (κ1) is 17.0. The van der Waals surface area contributed by atoms with Gasteiger partial charge in [-0.1, -0.05) is 6.07 Å². The zero-order valence-corrected chi connectivity index (χ0v) is 13.4. The van der Waals surface area contributed by atoms with Gasteiger partial charge in [0.1, 0.15) is 5.82 Å². The summed E-state index contributed by atoms with van der Waals surface area (Å²) in [4.78, 5) is 23.1. The van der Waals surface area contributed by atoms with Crippen LogP contribution in [-0.4, -0.2) is 16.1 Å². The van der Waals surface area contributed by atoms with Gasteiger partial charge in [0.05, 0.1) is 10.2 Å². The van der Waals surface area contributed by atoms with Crippen molar-refractivity contribution >= 4 is 29.0 Å². The number of carbonyl (C=O) groups excluding carboxylic acids is 1. The summed E-state index contributed by atoms with van der Waals surface area (Å²) in [6.45, 7) is 3.50. The number of amides is 1. The zero-order valence-electron chi connectivity index (χ0n) is 12.6. The smallest absolute Gasteiger partial charge is 0.269 e. The van der Waals surface area contributed by atoms with E-state index in [1.165, 1.54) is 36.0 Å². The average Bonchev–Trinajstić information content (AvgIpc) is 2.51. The Balaban J connectivity index is 2.02. The van der Waals surface area contributed by atoms with E-state index >= 15 is 0 Å². The highest BCUT2D eigenvalue weighted by atomic mass is 32.2. The van der Waals surface area contributed by atoms with Crippen LogP contribution in [0.15, 0.2) is 47.4 Å². The number of benzene rings is 2. The van der Waals surface area contributed by atoms with Crippen LogP contribution < -0.4 is 5.32 Å². The molecule has 0 saturated carbocycles. The highest BCUT2D eigenvalue weighted by Crippen LogP contribution is 2.26. The number of nitro groups is 1. The van der Waals surface area contributed by atoms with Crippen molar-refractivity contribution in [1.82, 2.24) is 0 Å². The molecule has 23 heavy (non-hydrogen) atoms. The third-order valence-electron chi connectivity index (χ3n) is 3.19. The summed E-state index contributed by atoms with van der Waals surface area (Å²) in [5, 5.41) is 12.9. The van der Waals surface area contributed by atoms with Crippen LogP contribution in [0.4, 0.5) is 15.8 Å². The van der Waals surface area contributed by atoms with Gasteiger partial charge in [-0.3, -0.25) is 14.9 Å².